The molecule has 3 aromatic rings. The van der Waals surface area contributed by atoms with E-state index in [1.807, 2.05) is 0 Å². The largest absolute Gasteiger partial charge is 0.416 e. The summed E-state index contributed by atoms with van der Waals surface area (Å²) in [5.41, 5.74) is 5.95. The maximum atomic E-state index is 12.6. The number of nitrogens with one attached hydrogen (secondary N) is 1. The van der Waals surface area contributed by atoms with Crippen molar-refractivity contribution in [2.24, 2.45) is 0 Å². The summed E-state index contributed by atoms with van der Waals surface area (Å²) in [5.74, 6) is 0. The number of anilines is 1. The van der Waals surface area contributed by atoms with E-state index in [4.69, 9.17) is 5.73 Å². The molecular formula is C15H12F3N4O+. The van der Waals surface area contributed by atoms with Crippen LogP contribution >= 0.6 is 0 Å². The maximum Gasteiger partial charge on any atom is 0.416 e. The second-order valence-corrected chi connectivity index (χ2v) is 4.88. The Morgan fingerprint density at radius 3 is 2.30 bits per heavy atom. The molecule has 0 fully saturated rings. The van der Waals surface area contributed by atoms with Crippen LogP contribution in [0.2, 0.25) is 0 Å². The molecule has 1 aromatic heterocycles. The fourth-order valence-corrected chi connectivity index (χ4v) is 2.17. The SMILES string of the molecule is Nc1ccccc1-[n+]1cc(=O)n(-c2ccc(C(F)(F)F)cc2)[nH]1. The van der Waals surface area contributed by atoms with Crippen molar-refractivity contribution in [3.63, 3.8) is 0 Å². The first-order valence-corrected chi connectivity index (χ1v) is 6.62. The molecule has 5 nitrogen and oxygen atoms in total. The summed E-state index contributed by atoms with van der Waals surface area (Å²) in [6, 6.07) is 11.2. The Hall–Kier alpha value is -3.03. The van der Waals surface area contributed by atoms with Gasteiger partial charge >= 0.3 is 11.7 Å². The molecular weight excluding hydrogens is 309 g/mol. The summed E-state index contributed by atoms with van der Waals surface area (Å²) < 4.78 is 40.3. The lowest BCUT2D eigenvalue weighted by atomic mass is 10.2. The fourth-order valence-electron chi connectivity index (χ4n) is 2.17. The van der Waals surface area contributed by atoms with Crippen molar-refractivity contribution in [2.45, 2.75) is 6.18 Å². The van der Waals surface area contributed by atoms with E-state index in [0.29, 0.717) is 11.4 Å². The Balaban J connectivity index is 2.02. The van der Waals surface area contributed by atoms with E-state index >= 15 is 0 Å². The third-order valence-corrected chi connectivity index (χ3v) is 3.32. The van der Waals surface area contributed by atoms with E-state index in [9.17, 15) is 18.0 Å². The van der Waals surface area contributed by atoms with Gasteiger partial charge < -0.3 is 5.73 Å². The van der Waals surface area contributed by atoms with Gasteiger partial charge in [-0.05, 0) is 36.4 Å². The number of nitrogens with zero attached hydrogens (tertiary/aromatic N) is 2. The molecule has 0 saturated heterocycles. The van der Waals surface area contributed by atoms with Crippen LogP contribution in [0.4, 0.5) is 18.9 Å². The highest BCUT2D eigenvalue weighted by Crippen LogP contribution is 2.29. The van der Waals surface area contributed by atoms with Gasteiger partial charge in [-0.15, -0.1) is 4.68 Å². The van der Waals surface area contributed by atoms with Crippen molar-refractivity contribution in [2.75, 3.05) is 5.73 Å². The minimum Gasteiger partial charge on any atom is -0.395 e. The zero-order valence-electron chi connectivity index (χ0n) is 11.7. The van der Waals surface area contributed by atoms with Gasteiger partial charge in [0.25, 0.3) is 0 Å². The Bertz CT molecular complexity index is 894. The number of halogens is 3. The lowest BCUT2D eigenvalue weighted by molar-refractivity contribution is -0.660. The molecule has 0 spiro atoms. The molecule has 0 unspecified atom stereocenters. The molecule has 0 amide bonds. The summed E-state index contributed by atoms with van der Waals surface area (Å²) >= 11 is 0. The lowest BCUT2D eigenvalue weighted by Gasteiger charge is -2.05. The fraction of sp³-hybridized carbons (Fsp3) is 0.0667. The zero-order chi connectivity index (χ0) is 16.6. The van der Waals surface area contributed by atoms with Gasteiger partial charge in [-0.2, -0.15) is 13.2 Å². The average Bonchev–Trinajstić information content (AvgIpc) is 2.89. The maximum absolute atomic E-state index is 12.6. The predicted molar refractivity (Wildman–Crippen MR) is 77.3 cm³/mol. The molecule has 3 N–H and O–H groups in total. The average molecular weight is 321 g/mol. The third-order valence-electron chi connectivity index (χ3n) is 3.32. The van der Waals surface area contributed by atoms with Gasteiger partial charge in [-0.3, -0.25) is 0 Å². The monoisotopic (exact) mass is 321 g/mol. The standard InChI is InChI=1S/C15H11F3N4O/c16-15(17,18)10-5-7-11(8-6-10)22-14(23)9-21(20-22)13-4-2-1-3-12(13)19/h1-9H,(H2-,19,20,23)/p+1. The number of nitrogens with two attached hydrogens (primary N) is 1. The molecule has 0 aliphatic heterocycles. The van der Waals surface area contributed by atoms with Crippen molar-refractivity contribution in [3.8, 4) is 11.4 Å². The summed E-state index contributed by atoms with van der Waals surface area (Å²) in [6.45, 7) is 0. The number of H-pyrrole nitrogens is 1. The van der Waals surface area contributed by atoms with Crippen LogP contribution in [0.3, 0.4) is 0 Å². The number of aromatic amines is 1. The minimum absolute atomic E-state index is 0.288. The van der Waals surface area contributed by atoms with Gasteiger partial charge in [0.1, 0.15) is 0 Å². The molecule has 23 heavy (non-hydrogen) atoms. The molecule has 0 bridgehead atoms. The Morgan fingerprint density at radius 1 is 1.04 bits per heavy atom. The molecule has 0 saturated carbocycles. The highest BCUT2D eigenvalue weighted by Gasteiger charge is 2.30. The molecule has 2 aromatic carbocycles. The van der Waals surface area contributed by atoms with Crippen molar-refractivity contribution in [3.05, 3.63) is 70.6 Å². The third kappa shape index (κ3) is 2.83. The molecule has 0 aliphatic rings. The van der Waals surface area contributed by atoms with Crippen molar-refractivity contribution >= 4 is 5.69 Å². The number of hydrogen-bond donors (Lipinski definition) is 2. The second-order valence-electron chi connectivity index (χ2n) is 4.88. The van der Waals surface area contributed by atoms with Crippen LogP contribution in [0.1, 0.15) is 5.56 Å². The second kappa shape index (κ2) is 5.31. The first-order valence-electron chi connectivity index (χ1n) is 6.62. The molecule has 3 rings (SSSR count). The van der Waals surface area contributed by atoms with Crippen LogP contribution in [0.25, 0.3) is 11.4 Å². The number of hydrogen-bond acceptors (Lipinski definition) is 2. The van der Waals surface area contributed by atoms with Crippen LogP contribution in [0.15, 0.2) is 59.5 Å². The van der Waals surface area contributed by atoms with Gasteiger partial charge in [-0.1, -0.05) is 22.0 Å². The van der Waals surface area contributed by atoms with Gasteiger partial charge in [-0.25, -0.2) is 4.79 Å². The van der Waals surface area contributed by atoms with Gasteiger partial charge in [0.05, 0.1) is 11.3 Å². The summed E-state index contributed by atoms with van der Waals surface area (Å²) in [7, 11) is 0. The molecule has 0 aliphatic carbocycles. The van der Waals surface area contributed by atoms with Crippen LogP contribution in [-0.4, -0.2) is 9.90 Å². The van der Waals surface area contributed by atoms with Gasteiger partial charge in [0, 0.05) is 0 Å². The normalized spacial score (nSPS) is 11.6. The van der Waals surface area contributed by atoms with Crippen LogP contribution < -0.4 is 16.0 Å². The highest BCUT2D eigenvalue weighted by atomic mass is 19.4. The van der Waals surface area contributed by atoms with E-state index in [1.54, 1.807) is 24.3 Å². The summed E-state index contributed by atoms with van der Waals surface area (Å²) in [4.78, 5) is 12.1. The van der Waals surface area contributed by atoms with Gasteiger partial charge in [0.15, 0.2) is 11.4 Å². The Kier molecular flexibility index (Phi) is 3.44. The minimum atomic E-state index is -4.42. The molecule has 8 heteroatoms. The van der Waals surface area contributed by atoms with E-state index in [-0.39, 0.29) is 5.69 Å². The molecule has 118 valence electrons. The van der Waals surface area contributed by atoms with Crippen molar-refractivity contribution in [1.29, 1.82) is 0 Å². The number of alkyl halides is 3. The number of para-hydroxylation sites is 2. The van der Waals surface area contributed by atoms with Crippen molar-refractivity contribution in [1.82, 2.24) is 9.90 Å². The Morgan fingerprint density at radius 2 is 1.70 bits per heavy atom. The first kappa shape index (κ1) is 14.9. The summed E-state index contributed by atoms with van der Waals surface area (Å²) in [6.07, 6.45) is -3.15. The molecule has 0 atom stereocenters. The van der Waals surface area contributed by atoms with Crippen LogP contribution in [-0.2, 0) is 6.18 Å². The zero-order valence-corrected chi connectivity index (χ0v) is 11.7. The molecule has 1 heterocycles. The van der Waals surface area contributed by atoms with Crippen molar-refractivity contribution < 1.29 is 17.9 Å². The van der Waals surface area contributed by atoms with E-state index in [2.05, 4.69) is 5.21 Å². The summed E-state index contributed by atoms with van der Waals surface area (Å²) in [5, 5.41) is 2.77. The molecule has 0 radical (unpaired) electrons. The quantitative estimate of drug-likeness (QED) is 0.560. The topological polar surface area (TPSA) is 67.7 Å². The highest BCUT2D eigenvalue weighted by molar-refractivity contribution is 5.51. The number of aromatic nitrogens is 3. The van der Waals surface area contributed by atoms with Crippen LogP contribution in [0, 0.1) is 0 Å². The van der Waals surface area contributed by atoms with E-state index in [1.165, 1.54) is 23.0 Å². The predicted octanol–water partition coefficient (Wildman–Crippen LogP) is 2.04. The number of benzene rings is 2. The lowest BCUT2D eigenvalue weighted by Crippen LogP contribution is -2.34. The number of rotatable bonds is 2. The van der Waals surface area contributed by atoms with Crippen LogP contribution in [0.5, 0.6) is 0 Å². The van der Waals surface area contributed by atoms with Gasteiger partial charge in [0.2, 0.25) is 6.20 Å². The number of nitrogen functional groups attached to an aromatic ring is 1. The smallest absolute Gasteiger partial charge is 0.395 e. The van der Waals surface area contributed by atoms with E-state index in [0.717, 1.165) is 16.8 Å². The Labute approximate surface area is 128 Å². The first-order chi connectivity index (χ1) is 10.9. The van der Waals surface area contributed by atoms with E-state index < -0.39 is 17.3 Å².